The first kappa shape index (κ1) is 32.0. The Kier molecular flexibility index (Phi) is 10.7. The number of hydrogen-bond donors (Lipinski definition) is 0. The average molecular weight is 721 g/mol. The first-order valence-electron chi connectivity index (χ1n) is 16.2. The Hall–Kier alpha value is -2.99. The Morgan fingerprint density at radius 1 is 0.911 bits per heavy atom. The van der Waals surface area contributed by atoms with Crippen LogP contribution in [0.1, 0.15) is 30.9 Å². The van der Waals surface area contributed by atoms with Crippen LogP contribution in [0.15, 0.2) is 83.9 Å². The van der Waals surface area contributed by atoms with E-state index in [0.717, 1.165) is 89.2 Å². The smallest absolute Gasteiger partial charge is 0.222 e. The minimum Gasteiger partial charge on any atom is -0.379 e. The van der Waals surface area contributed by atoms with Gasteiger partial charge in [0.25, 0.3) is 0 Å². The lowest BCUT2D eigenvalue weighted by Gasteiger charge is -2.43. The molecule has 3 aromatic rings. The molecule has 3 aliphatic rings. The maximum atomic E-state index is 13.0. The maximum absolute atomic E-state index is 13.0. The lowest BCUT2D eigenvalue weighted by Crippen LogP contribution is -2.49. The molecule has 238 valence electrons. The third kappa shape index (κ3) is 7.70. The molecule has 6 rings (SSSR count). The number of carbonyl (C=O) groups excluding carboxylic acids is 1. The average Bonchev–Trinajstić information content (AvgIpc) is 3.09. The number of morpholine rings is 1. The molecule has 0 aliphatic carbocycles. The van der Waals surface area contributed by atoms with E-state index in [1.165, 1.54) is 16.7 Å². The number of carbonyl (C=O) groups is 1. The summed E-state index contributed by atoms with van der Waals surface area (Å²) in [6.45, 7) is 7.77. The third-order valence-corrected chi connectivity index (χ3v) is 10.5. The number of para-hydroxylation sites is 1. The number of likely N-dealkylation sites (N-methyl/N-ethyl adjacent to an activating group) is 1. The van der Waals surface area contributed by atoms with Crippen LogP contribution in [0.4, 0.5) is 11.4 Å². The van der Waals surface area contributed by atoms with Gasteiger partial charge in [0.1, 0.15) is 0 Å². The van der Waals surface area contributed by atoms with Crippen molar-refractivity contribution >= 4 is 45.8 Å². The monoisotopic (exact) mass is 720 g/mol. The summed E-state index contributed by atoms with van der Waals surface area (Å²) in [5.74, 6) is 1.20. The van der Waals surface area contributed by atoms with Gasteiger partial charge in [0.05, 0.1) is 29.0 Å². The topological polar surface area (TPSA) is 54.9 Å². The minimum absolute atomic E-state index is 0.107. The molecule has 9 heteroatoms. The largest absolute Gasteiger partial charge is 0.379 e. The van der Waals surface area contributed by atoms with Crippen LogP contribution < -0.4 is 4.90 Å². The standard InChI is InChI=1S/C36H45IN6O2/c1-39-19-21-42(22-20-39)35(44)13-8-18-40(2)36-38-32-12-7-6-11-31(32)33(27-34(37)41-23-25-45-26-24-41)43(36)30-16-14-29(15-17-30)28-9-4-3-5-10-28/h3-7,9-12,14-17,33-34H,8,13,18-27H2,1-2H3. The van der Waals surface area contributed by atoms with E-state index in [-0.39, 0.29) is 11.9 Å². The number of rotatable bonds is 9. The van der Waals surface area contributed by atoms with Gasteiger partial charge in [-0.15, -0.1) is 0 Å². The van der Waals surface area contributed by atoms with Gasteiger partial charge in [0.15, 0.2) is 0 Å². The molecule has 0 saturated carbocycles. The number of aliphatic imine (C=N–C) groups is 1. The predicted molar refractivity (Wildman–Crippen MR) is 191 cm³/mol. The van der Waals surface area contributed by atoms with E-state index in [1.807, 2.05) is 4.90 Å². The molecule has 2 saturated heterocycles. The Bertz CT molecular complexity index is 1440. The van der Waals surface area contributed by atoms with Crippen molar-refractivity contribution in [3.05, 3.63) is 84.4 Å². The normalized spacial score (nSPS) is 20.0. The highest BCUT2D eigenvalue weighted by atomic mass is 127. The van der Waals surface area contributed by atoms with Crippen molar-refractivity contribution in [2.45, 2.75) is 29.4 Å². The Morgan fingerprint density at radius 2 is 1.58 bits per heavy atom. The molecule has 45 heavy (non-hydrogen) atoms. The van der Waals surface area contributed by atoms with E-state index in [9.17, 15) is 4.79 Å². The number of piperazine rings is 1. The van der Waals surface area contributed by atoms with E-state index < -0.39 is 0 Å². The predicted octanol–water partition coefficient (Wildman–Crippen LogP) is 5.87. The van der Waals surface area contributed by atoms with Crippen LogP contribution in [0.25, 0.3) is 11.1 Å². The quantitative estimate of drug-likeness (QED) is 0.157. The van der Waals surface area contributed by atoms with Crippen LogP contribution in [0.5, 0.6) is 0 Å². The molecule has 0 spiro atoms. The van der Waals surface area contributed by atoms with E-state index in [1.54, 1.807) is 0 Å². The van der Waals surface area contributed by atoms with Gasteiger partial charge < -0.3 is 24.3 Å². The van der Waals surface area contributed by atoms with Crippen molar-refractivity contribution in [1.82, 2.24) is 19.6 Å². The van der Waals surface area contributed by atoms with Crippen LogP contribution in [0.2, 0.25) is 0 Å². The van der Waals surface area contributed by atoms with Crippen LogP contribution >= 0.6 is 22.6 Å². The van der Waals surface area contributed by atoms with Crippen LogP contribution in [0.3, 0.4) is 0 Å². The number of nitrogens with zero attached hydrogens (tertiary/aromatic N) is 6. The maximum Gasteiger partial charge on any atom is 0.222 e. The van der Waals surface area contributed by atoms with Crippen molar-refractivity contribution in [2.24, 2.45) is 4.99 Å². The lowest BCUT2D eigenvalue weighted by atomic mass is 9.96. The Labute approximate surface area is 281 Å². The van der Waals surface area contributed by atoms with Gasteiger partial charge in [0, 0.05) is 70.5 Å². The lowest BCUT2D eigenvalue weighted by molar-refractivity contribution is -0.132. The molecule has 3 aliphatic heterocycles. The van der Waals surface area contributed by atoms with Crippen LogP contribution in [0, 0.1) is 0 Å². The number of alkyl halides is 1. The molecule has 8 nitrogen and oxygen atoms in total. The number of amides is 1. The zero-order valence-corrected chi connectivity index (χ0v) is 28.7. The van der Waals surface area contributed by atoms with Crippen LogP contribution in [-0.2, 0) is 9.53 Å². The molecule has 2 fully saturated rings. The SMILES string of the molecule is CN1CCN(C(=O)CCCN(C)C2=Nc3ccccc3C(CC(I)N3CCOCC3)N2c2ccc(-c3ccccc3)cc2)CC1. The number of halogens is 1. The summed E-state index contributed by atoms with van der Waals surface area (Å²) in [4.78, 5) is 29.8. The molecule has 0 aromatic heterocycles. The van der Waals surface area contributed by atoms with Gasteiger partial charge in [-0.3, -0.25) is 9.69 Å². The molecule has 0 N–H and O–H groups in total. The van der Waals surface area contributed by atoms with Crippen molar-refractivity contribution in [1.29, 1.82) is 0 Å². The van der Waals surface area contributed by atoms with Crippen molar-refractivity contribution < 1.29 is 9.53 Å². The number of ether oxygens (including phenoxy) is 1. The van der Waals surface area contributed by atoms with Crippen molar-refractivity contribution in [3.8, 4) is 11.1 Å². The van der Waals surface area contributed by atoms with Gasteiger partial charge in [0.2, 0.25) is 11.9 Å². The molecule has 1 amide bonds. The summed E-state index contributed by atoms with van der Waals surface area (Å²) in [7, 11) is 4.24. The Morgan fingerprint density at radius 3 is 2.31 bits per heavy atom. The van der Waals surface area contributed by atoms with Gasteiger partial charge in [-0.25, -0.2) is 4.99 Å². The van der Waals surface area contributed by atoms with E-state index in [4.69, 9.17) is 9.73 Å². The van der Waals surface area contributed by atoms with Gasteiger partial charge in [-0.05, 0) is 49.2 Å². The zero-order chi connectivity index (χ0) is 31.2. The molecule has 3 aromatic carbocycles. The first-order valence-corrected chi connectivity index (χ1v) is 17.5. The second-order valence-electron chi connectivity index (χ2n) is 12.3. The molecule has 0 radical (unpaired) electrons. The van der Waals surface area contributed by atoms with E-state index in [0.29, 0.717) is 10.5 Å². The molecular formula is C36H45IN6O2. The van der Waals surface area contributed by atoms with Crippen molar-refractivity contribution in [3.63, 3.8) is 0 Å². The number of benzene rings is 3. The van der Waals surface area contributed by atoms with E-state index >= 15 is 0 Å². The number of anilines is 1. The summed E-state index contributed by atoms with van der Waals surface area (Å²) < 4.78 is 6.02. The molecular weight excluding hydrogens is 675 g/mol. The fourth-order valence-electron chi connectivity index (χ4n) is 6.53. The van der Waals surface area contributed by atoms with Gasteiger partial charge in [-0.2, -0.15) is 0 Å². The van der Waals surface area contributed by atoms with Crippen LogP contribution in [-0.4, -0.2) is 109 Å². The highest BCUT2D eigenvalue weighted by Gasteiger charge is 2.35. The number of hydrogen-bond acceptors (Lipinski definition) is 7. The summed E-state index contributed by atoms with van der Waals surface area (Å²) in [6, 6.07) is 28.1. The highest BCUT2D eigenvalue weighted by molar-refractivity contribution is 14.1. The number of fused-ring (bicyclic) bond motifs is 1. The summed E-state index contributed by atoms with van der Waals surface area (Å²) in [6.07, 6.45) is 2.29. The van der Waals surface area contributed by atoms with E-state index in [2.05, 4.69) is 135 Å². The fraction of sp³-hybridized carbons (Fsp3) is 0.444. The minimum atomic E-state index is 0.107. The number of guanidine groups is 1. The highest BCUT2D eigenvalue weighted by Crippen LogP contribution is 2.42. The zero-order valence-electron chi connectivity index (χ0n) is 26.5. The second-order valence-corrected chi connectivity index (χ2v) is 13.7. The fourth-order valence-corrected chi connectivity index (χ4v) is 7.56. The van der Waals surface area contributed by atoms with Crippen molar-refractivity contribution in [2.75, 3.05) is 78.0 Å². The van der Waals surface area contributed by atoms with Gasteiger partial charge >= 0.3 is 0 Å². The second kappa shape index (κ2) is 15.1. The Balaban J connectivity index is 1.27. The molecule has 2 atom stereocenters. The summed E-state index contributed by atoms with van der Waals surface area (Å²) in [5, 5.41) is 0. The summed E-state index contributed by atoms with van der Waals surface area (Å²) in [5.41, 5.74) is 5.81. The third-order valence-electron chi connectivity index (χ3n) is 9.24. The molecule has 0 bridgehead atoms. The molecule has 2 unspecified atom stereocenters. The van der Waals surface area contributed by atoms with Gasteiger partial charge in [-0.1, -0.05) is 83.3 Å². The summed E-state index contributed by atoms with van der Waals surface area (Å²) >= 11 is 2.63. The first-order chi connectivity index (χ1) is 22.0. The molecule has 3 heterocycles.